The highest BCUT2D eigenvalue weighted by Crippen LogP contribution is 2.22. The number of benzene rings is 2. The summed E-state index contributed by atoms with van der Waals surface area (Å²) in [5.74, 6) is -0.295. The van der Waals surface area contributed by atoms with Crippen LogP contribution in [0.5, 0.6) is 0 Å². The summed E-state index contributed by atoms with van der Waals surface area (Å²) in [6, 6.07) is 15.6. The van der Waals surface area contributed by atoms with Gasteiger partial charge in [-0.1, -0.05) is 42.5 Å². The summed E-state index contributed by atoms with van der Waals surface area (Å²) < 4.78 is 18.5. The Kier molecular flexibility index (Phi) is 6.20. The average Bonchev–Trinajstić information content (AvgIpc) is 2.69. The minimum Gasteiger partial charge on any atom is -0.445 e. The number of hydrogen-bond donors (Lipinski definition) is 1. The third-order valence-electron chi connectivity index (χ3n) is 4.65. The van der Waals surface area contributed by atoms with E-state index in [1.54, 1.807) is 17.0 Å². The lowest BCUT2D eigenvalue weighted by atomic mass is 10.1. The largest absolute Gasteiger partial charge is 0.445 e. The molecule has 6 heteroatoms. The number of piperazine rings is 1. The maximum atomic E-state index is 13.1. The number of nitrogens with zero attached hydrogens (tertiary/aromatic N) is 2. The lowest BCUT2D eigenvalue weighted by Crippen LogP contribution is -2.50. The molecule has 1 N–H and O–H groups in total. The molecular weight excluding hydrogens is 335 g/mol. The molecule has 5 nitrogen and oxygen atoms in total. The highest BCUT2D eigenvalue weighted by molar-refractivity contribution is 5.67. The van der Waals surface area contributed by atoms with Crippen molar-refractivity contribution in [2.45, 2.75) is 12.6 Å². The molecular formula is C20H23FN2O3. The molecule has 1 fully saturated rings. The summed E-state index contributed by atoms with van der Waals surface area (Å²) in [6.07, 6.45) is -0.323. The topological polar surface area (TPSA) is 53.0 Å². The van der Waals surface area contributed by atoms with Crippen LogP contribution in [0.1, 0.15) is 17.2 Å². The van der Waals surface area contributed by atoms with E-state index < -0.39 is 0 Å². The Morgan fingerprint density at radius 1 is 1.04 bits per heavy atom. The normalized spacial score (nSPS) is 16.3. The van der Waals surface area contributed by atoms with Crippen LogP contribution in [0.15, 0.2) is 54.6 Å². The van der Waals surface area contributed by atoms with Crippen molar-refractivity contribution in [2.24, 2.45) is 0 Å². The smallest absolute Gasteiger partial charge is 0.410 e. The molecule has 2 aromatic carbocycles. The Morgan fingerprint density at radius 3 is 2.31 bits per heavy atom. The highest BCUT2D eigenvalue weighted by atomic mass is 19.1. The van der Waals surface area contributed by atoms with E-state index in [2.05, 4.69) is 4.90 Å². The van der Waals surface area contributed by atoms with Crippen LogP contribution < -0.4 is 0 Å². The first-order valence-corrected chi connectivity index (χ1v) is 8.73. The molecule has 138 valence electrons. The van der Waals surface area contributed by atoms with Gasteiger partial charge in [-0.15, -0.1) is 0 Å². The summed E-state index contributed by atoms with van der Waals surface area (Å²) in [5, 5.41) is 9.75. The van der Waals surface area contributed by atoms with E-state index in [1.165, 1.54) is 12.1 Å². The van der Waals surface area contributed by atoms with Gasteiger partial charge >= 0.3 is 6.09 Å². The third kappa shape index (κ3) is 4.59. The van der Waals surface area contributed by atoms with E-state index in [1.807, 2.05) is 30.3 Å². The first-order valence-electron chi connectivity index (χ1n) is 8.73. The van der Waals surface area contributed by atoms with Crippen LogP contribution in [0.2, 0.25) is 0 Å². The molecule has 1 aliphatic rings. The number of aliphatic hydroxyl groups is 1. The number of aliphatic hydroxyl groups excluding tert-OH is 1. The second kappa shape index (κ2) is 8.78. The van der Waals surface area contributed by atoms with E-state index in [-0.39, 0.29) is 31.2 Å². The number of carbonyl (C=O) groups excluding carboxylic acids is 1. The molecule has 1 amide bonds. The maximum absolute atomic E-state index is 13.1. The quantitative estimate of drug-likeness (QED) is 0.893. The van der Waals surface area contributed by atoms with Crippen molar-refractivity contribution in [1.29, 1.82) is 0 Å². The number of carbonyl (C=O) groups is 1. The van der Waals surface area contributed by atoms with Crippen molar-refractivity contribution in [3.8, 4) is 0 Å². The van der Waals surface area contributed by atoms with Gasteiger partial charge in [0.05, 0.1) is 12.6 Å². The molecule has 0 saturated carbocycles. The van der Waals surface area contributed by atoms with Gasteiger partial charge in [-0.25, -0.2) is 9.18 Å². The Morgan fingerprint density at radius 2 is 1.69 bits per heavy atom. The third-order valence-corrected chi connectivity index (χ3v) is 4.65. The summed E-state index contributed by atoms with van der Waals surface area (Å²) in [7, 11) is 0. The molecule has 0 bridgehead atoms. The first-order chi connectivity index (χ1) is 12.7. The van der Waals surface area contributed by atoms with Crippen molar-refractivity contribution >= 4 is 6.09 Å². The summed E-state index contributed by atoms with van der Waals surface area (Å²) >= 11 is 0. The van der Waals surface area contributed by atoms with Gasteiger partial charge < -0.3 is 14.7 Å². The standard InChI is InChI=1S/C20H23FN2O3/c21-18-8-6-17(7-9-18)19(14-24)22-10-12-23(13-11-22)20(25)26-15-16-4-2-1-3-5-16/h1-9,19,24H,10-15H2. The van der Waals surface area contributed by atoms with Gasteiger partial charge in [-0.2, -0.15) is 0 Å². The van der Waals surface area contributed by atoms with Crippen molar-refractivity contribution < 1.29 is 19.0 Å². The molecule has 1 unspecified atom stereocenters. The zero-order valence-corrected chi connectivity index (χ0v) is 14.6. The van der Waals surface area contributed by atoms with Gasteiger partial charge in [-0.05, 0) is 23.3 Å². The van der Waals surface area contributed by atoms with Crippen LogP contribution in [0.25, 0.3) is 0 Å². The van der Waals surface area contributed by atoms with E-state index >= 15 is 0 Å². The Balaban J connectivity index is 1.51. The Bertz CT molecular complexity index is 701. The van der Waals surface area contributed by atoms with Gasteiger partial charge in [0.1, 0.15) is 12.4 Å². The fraction of sp³-hybridized carbons (Fsp3) is 0.350. The SMILES string of the molecule is O=C(OCc1ccccc1)N1CCN(C(CO)c2ccc(F)cc2)CC1. The van der Waals surface area contributed by atoms with Gasteiger partial charge in [0.15, 0.2) is 0 Å². The molecule has 0 spiro atoms. The molecule has 0 radical (unpaired) electrons. The number of amides is 1. The van der Waals surface area contributed by atoms with Crippen LogP contribution in [0.4, 0.5) is 9.18 Å². The van der Waals surface area contributed by atoms with Crippen LogP contribution >= 0.6 is 0 Å². The number of rotatable bonds is 5. The molecule has 1 aliphatic heterocycles. The number of ether oxygens (including phenoxy) is 1. The number of hydrogen-bond acceptors (Lipinski definition) is 4. The predicted octanol–water partition coefficient (Wildman–Crippen LogP) is 2.81. The molecule has 1 saturated heterocycles. The van der Waals surface area contributed by atoms with Crippen LogP contribution in [0.3, 0.4) is 0 Å². The average molecular weight is 358 g/mol. The first kappa shape index (κ1) is 18.4. The van der Waals surface area contributed by atoms with E-state index in [4.69, 9.17) is 4.74 Å². The van der Waals surface area contributed by atoms with E-state index in [0.29, 0.717) is 26.2 Å². The van der Waals surface area contributed by atoms with E-state index in [9.17, 15) is 14.3 Å². The van der Waals surface area contributed by atoms with Crippen molar-refractivity contribution in [1.82, 2.24) is 9.80 Å². The molecule has 3 rings (SSSR count). The monoisotopic (exact) mass is 358 g/mol. The fourth-order valence-corrected chi connectivity index (χ4v) is 3.14. The van der Waals surface area contributed by atoms with Crippen molar-refractivity contribution in [2.75, 3.05) is 32.8 Å². The summed E-state index contributed by atoms with van der Waals surface area (Å²) in [5.41, 5.74) is 1.82. The summed E-state index contributed by atoms with van der Waals surface area (Å²) in [4.78, 5) is 16.0. The highest BCUT2D eigenvalue weighted by Gasteiger charge is 2.27. The molecule has 2 aromatic rings. The molecule has 26 heavy (non-hydrogen) atoms. The number of halogens is 1. The van der Waals surface area contributed by atoms with Crippen LogP contribution in [-0.2, 0) is 11.3 Å². The van der Waals surface area contributed by atoms with Gasteiger partial charge in [-0.3, -0.25) is 4.90 Å². The minimum absolute atomic E-state index is 0.0515. The zero-order chi connectivity index (χ0) is 18.4. The minimum atomic E-state index is -0.323. The second-order valence-corrected chi connectivity index (χ2v) is 6.31. The second-order valence-electron chi connectivity index (χ2n) is 6.31. The van der Waals surface area contributed by atoms with Crippen LogP contribution in [-0.4, -0.2) is 53.8 Å². The molecule has 1 atom stereocenters. The van der Waals surface area contributed by atoms with Crippen LogP contribution in [0, 0.1) is 5.82 Å². The van der Waals surface area contributed by atoms with E-state index in [0.717, 1.165) is 11.1 Å². The van der Waals surface area contributed by atoms with Gasteiger partial charge in [0, 0.05) is 26.2 Å². The zero-order valence-electron chi connectivity index (χ0n) is 14.6. The fourth-order valence-electron chi connectivity index (χ4n) is 3.14. The predicted molar refractivity (Wildman–Crippen MR) is 96.0 cm³/mol. The lowest BCUT2D eigenvalue weighted by Gasteiger charge is -2.38. The Labute approximate surface area is 152 Å². The molecule has 1 heterocycles. The lowest BCUT2D eigenvalue weighted by molar-refractivity contribution is 0.0465. The maximum Gasteiger partial charge on any atom is 0.410 e. The summed E-state index contributed by atoms with van der Waals surface area (Å²) in [6.45, 7) is 2.53. The van der Waals surface area contributed by atoms with Gasteiger partial charge in [0.25, 0.3) is 0 Å². The molecule has 0 aromatic heterocycles. The van der Waals surface area contributed by atoms with Crippen molar-refractivity contribution in [3.63, 3.8) is 0 Å². The Hall–Kier alpha value is -2.44. The molecule has 0 aliphatic carbocycles. The van der Waals surface area contributed by atoms with Gasteiger partial charge in [0.2, 0.25) is 0 Å². The van der Waals surface area contributed by atoms with Crippen molar-refractivity contribution in [3.05, 3.63) is 71.5 Å².